The number of piperidine rings is 3. The van der Waals surface area contributed by atoms with E-state index in [9.17, 15) is 5.11 Å². The Morgan fingerprint density at radius 2 is 1.71 bits per heavy atom. The summed E-state index contributed by atoms with van der Waals surface area (Å²) in [6.07, 6.45) is 4.69. The molecule has 3 fully saturated rings. The molecule has 0 radical (unpaired) electrons. The average Bonchev–Trinajstić information content (AvgIpc) is 2.82. The third-order valence-corrected chi connectivity index (χ3v) is 6.50. The van der Waals surface area contributed by atoms with Gasteiger partial charge in [-0.1, -0.05) is 60.7 Å². The van der Waals surface area contributed by atoms with Crippen molar-refractivity contribution < 1.29 is 5.11 Å². The quantitative estimate of drug-likeness (QED) is 0.502. The highest BCUT2D eigenvalue weighted by Crippen LogP contribution is 2.35. The highest BCUT2D eigenvalue weighted by Gasteiger charge is 2.44. The standard InChI is InChI=1S/C27H27N3O/c31-27(20-30-15-11-25(27)12-16-30)13-14-28-26-23(17-21-7-3-1-4-8-21)18-24(19-29-26)22-9-5-2-6-10-22/h1-10,18-19,25,31H,11-12,15-17,20H2,(H,28,29). The Morgan fingerprint density at radius 3 is 2.39 bits per heavy atom. The lowest BCUT2D eigenvalue weighted by Crippen LogP contribution is -2.58. The highest BCUT2D eigenvalue weighted by atomic mass is 16.3. The van der Waals surface area contributed by atoms with Gasteiger partial charge in [-0.05, 0) is 49.0 Å². The Morgan fingerprint density at radius 1 is 1.00 bits per heavy atom. The molecular formula is C27H27N3O. The number of aliphatic hydroxyl groups is 1. The molecule has 3 aliphatic heterocycles. The van der Waals surface area contributed by atoms with Gasteiger partial charge in [0.05, 0.1) is 0 Å². The van der Waals surface area contributed by atoms with Crippen molar-refractivity contribution in [1.29, 1.82) is 0 Å². The van der Waals surface area contributed by atoms with Crippen molar-refractivity contribution in [3.63, 3.8) is 0 Å². The molecule has 4 heteroatoms. The maximum atomic E-state index is 11.1. The van der Waals surface area contributed by atoms with Gasteiger partial charge in [-0.3, -0.25) is 10.2 Å². The third kappa shape index (κ3) is 4.34. The van der Waals surface area contributed by atoms with Crippen molar-refractivity contribution in [1.82, 2.24) is 9.88 Å². The van der Waals surface area contributed by atoms with Gasteiger partial charge < -0.3 is 5.11 Å². The van der Waals surface area contributed by atoms with Crippen LogP contribution in [0, 0.1) is 17.9 Å². The lowest BCUT2D eigenvalue weighted by atomic mass is 9.76. The van der Waals surface area contributed by atoms with Gasteiger partial charge in [-0.25, -0.2) is 4.98 Å². The molecule has 1 aromatic heterocycles. The summed E-state index contributed by atoms with van der Waals surface area (Å²) in [7, 11) is 0. The van der Waals surface area contributed by atoms with Crippen LogP contribution in [-0.4, -0.2) is 40.2 Å². The van der Waals surface area contributed by atoms with Crippen molar-refractivity contribution in [3.05, 3.63) is 84.1 Å². The first kappa shape index (κ1) is 19.8. The fraction of sp³-hybridized carbons (Fsp3) is 0.296. The number of rotatable bonds is 4. The molecule has 0 amide bonds. The summed E-state index contributed by atoms with van der Waals surface area (Å²) in [5.74, 6) is 4.15. The number of nitrogens with one attached hydrogen (secondary N) is 1. The first-order chi connectivity index (χ1) is 15.2. The van der Waals surface area contributed by atoms with Crippen LogP contribution in [0.2, 0.25) is 0 Å². The van der Waals surface area contributed by atoms with Gasteiger partial charge >= 0.3 is 0 Å². The van der Waals surface area contributed by atoms with Crippen LogP contribution in [0.1, 0.15) is 24.0 Å². The van der Waals surface area contributed by atoms with Gasteiger partial charge in [0.25, 0.3) is 0 Å². The van der Waals surface area contributed by atoms with Crippen LogP contribution in [0.3, 0.4) is 0 Å². The van der Waals surface area contributed by atoms with E-state index in [2.05, 4.69) is 64.6 Å². The number of hydrogen-bond donors (Lipinski definition) is 2. The summed E-state index contributed by atoms with van der Waals surface area (Å²) in [4.78, 5) is 7.01. The van der Waals surface area contributed by atoms with Gasteiger partial charge in [-0.15, -0.1) is 0 Å². The molecule has 1 atom stereocenters. The summed E-state index contributed by atoms with van der Waals surface area (Å²) in [5, 5.41) is 14.3. The number of pyridine rings is 1. The molecule has 3 saturated heterocycles. The van der Waals surface area contributed by atoms with Crippen LogP contribution < -0.4 is 5.32 Å². The average molecular weight is 410 g/mol. The Labute approximate surface area is 184 Å². The second-order valence-electron chi connectivity index (χ2n) is 8.61. The van der Waals surface area contributed by atoms with E-state index in [-0.39, 0.29) is 5.92 Å². The van der Waals surface area contributed by atoms with Crippen molar-refractivity contribution in [2.24, 2.45) is 5.92 Å². The fourth-order valence-corrected chi connectivity index (χ4v) is 4.74. The van der Waals surface area contributed by atoms with Crippen LogP contribution in [0.5, 0.6) is 0 Å². The molecule has 0 aliphatic carbocycles. The van der Waals surface area contributed by atoms with E-state index in [0.29, 0.717) is 6.54 Å². The molecule has 0 saturated carbocycles. The molecule has 2 N–H and O–H groups in total. The molecule has 0 spiro atoms. The zero-order valence-electron chi connectivity index (χ0n) is 17.6. The van der Waals surface area contributed by atoms with Crippen molar-refractivity contribution in [2.45, 2.75) is 24.9 Å². The Bertz CT molecular complexity index is 1100. The molecule has 6 rings (SSSR count). The van der Waals surface area contributed by atoms with Crippen LogP contribution in [0.25, 0.3) is 11.1 Å². The lowest BCUT2D eigenvalue weighted by molar-refractivity contribution is -0.0713. The van der Waals surface area contributed by atoms with Crippen molar-refractivity contribution in [3.8, 4) is 23.1 Å². The predicted molar refractivity (Wildman–Crippen MR) is 124 cm³/mol. The minimum atomic E-state index is -0.924. The maximum Gasteiger partial charge on any atom is 0.142 e. The summed E-state index contributed by atoms with van der Waals surface area (Å²) >= 11 is 0. The lowest BCUT2D eigenvalue weighted by Gasteiger charge is -2.47. The molecule has 156 valence electrons. The van der Waals surface area contributed by atoms with Crippen LogP contribution in [-0.2, 0) is 6.42 Å². The molecule has 2 aromatic carbocycles. The largest absolute Gasteiger partial charge is 0.376 e. The van der Waals surface area contributed by atoms with E-state index in [4.69, 9.17) is 4.98 Å². The van der Waals surface area contributed by atoms with Crippen LogP contribution in [0.15, 0.2) is 72.9 Å². The number of hydrogen-bond acceptors (Lipinski definition) is 4. The predicted octanol–water partition coefficient (Wildman–Crippen LogP) is 4.17. The molecule has 2 bridgehead atoms. The zero-order valence-corrected chi connectivity index (χ0v) is 17.6. The topological polar surface area (TPSA) is 48.4 Å². The summed E-state index contributed by atoms with van der Waals surface area (Å²) in [6, 6.07) is 25.9. The Balaban J connectivity index is 1.42. The Hall–Kier alpha value is -3.13. The van der Waals surface area contributed by atoms with E-state index in [0.717, 1.165) is 54.9 Å². The number of benzene rings is 2. The second kappa shape index (κ2) is 8.55. The van der Waals surface area contributed by atoms with Gasteiger partial charge in [0.1, 0.15) is 11.4 Å². The molecule has 4 heterocycles. The summed E-state index contributed by atoms with van der Waals surface area (Å²) in [6.45, 7) is 2.79. The minimum absolute atomic E-state index is 0.268. The summed E-state index contributed by atoms with van der Waals surface area (Å²) in [5.41, 5.74) is 3.61. The van der Waals surface area contributed by atoms with Crippen LogP contribution in [0.4, 0.5) is 5.82 Å². The molecule has 4 nitrogen and oxygen atoms in total. The first-order valence-corrected chi connectivity index (χ1v) is 11.0. The molecule has 3 aromatic rings. The number of nitrogens with zero attached hydrogens (tertiary/aromatic N) is 2. The van der Waals surface area contributed by atoms with E-state index < -0.39 is 5.60 Å². The molecular weight excluding hydrogens is 382 g/mol. The van der Waals surface area contributed by atoms with Crippen molar-refractivity contribution >= 4 is 5.82 Å². The van der Waals surface area contributed by atoms with E-state index in [1.54, 1.807) is 0 Å². The monoisotopic (exact) mass is 409 g/mol. The SMILES string of the molecule is OC1(C#CNc2ncc(-c3ccccc3)cc2Cc2ccccc2)CN2CCC1CC2. The Kier molecular flexibility index (Phi) is 5.46. The van der Waals surface area contributed by atoms with Gasteiger partial charge in [0, 0.05) is 42.3 Å². The maximum absolute atomic E-state index is 11.1. The van der Waals surface area contributed by atoms with E-state index in [1.807, 2.05) is 30.5 Å². The first-order valence-electron chi connectivity index (χ1n) is 11.0. The van der Waals surface area contributed by atoms with Gasteiger partial charge in [0.15, 0.2) is 0 Å². The minimum Gasteiger partial charge on any atom is -0.376 e. The van der Waals surface area contributed by atoms with E-state index in [1.165, 1.54) is 5.56 Å². The van der Waals surface area contributed by atoms with Gasteiger partial charge in [0.2, 0.25) is 0 Å². The fourth-order valence-electron chi connectivity index (χ4n) is 4.74. The van der Waals surface area contributed by atoms with Gasteiger partial charge in [-0.2, -0.15) is 0 Å². The van der Waals surface area contributed by atoms with E-state index >= 15 is 0 Å². The number of fused-ring (bicyclic) bond motifs is 3. The summed E-state index contributed by atoms with van der Waals surface area (Å²) < 4.78 is 0. The number of anilines is 1. The second-order valence-corrected chi connectivity index (χ2v) is 8.61. The van der Waals surface area contributed by atoms with Crippen LogP contribution >= 0.6 is 0 Å². The normalized spacial score (nSPS) is 24.3. The van der Waals surface area contributed by atoms with Crippen molar-refractivity contribution in [2.75, 3.05) is 25.0 Å². The third-order valence-electron chi connectivity index (χ3n) is 6.50. The molecule has 31 heavy (non-hydrogen) atoms. The number of aromatic nitrogens is 1. The molecule has 3 aliphatic rings. The highest BCUT2D eigenvalue weighted by molar-refractivity contribution is 5.66. The smallest absolute Gasteiger partial charge is 0.142 e. The zero-order chi connectivity index (χ0) is 21.1. The molecule has 1 unspecified atom stereocenters.